The van der Waals surface area contributed by atoms with Crippen molar-refractivity contribution in [2.45, 2.75) is 38.9 Å². The molecule has 0 heterocycles. The van der Waals surface area contributed by atoms with Crippen molar-refractivity contribution in [2.75, 3.05) is 0 Å². The van der Waals surface area contributed by atoms with Crippen LogP contribution >= 0.6 is 0 Å². The molecule has 3 heteroatoms. The molecule has 0 aromatic carbocycles. The van der Waals surface area contributed by atoms with Gasteiger partial charge in [-0.05, 0) is 18.8 Å². The molecule has 0 saturated heterocycles. The predicted octanol–water partition coefficient (Wildman–Crippen LogP) is 0.343. The van der Waals surface area contributed by atoms with Gasteiger partial charge in [0, 0.05) is 11.3 Å². The van der Waals surface area contributed by atoms with Crippen molar-refractivity contribution < 1.29 is 15.0 Å². The van der Waals surface area contributed by atoms with Gasteiger partial charge in [0.25, 0.3) is 0 Å². The van der Waals surface area contributed by atoms with Crippen molar-refractivity contribution in [3.8, 4) is 0 Å². The zero-order chi connectivity index (χ0) is 9.80. The van der Waals surface area contributed by atoms with E-state index in [9.17, 15) is 15.0 Å². The lowest BCUT2D eigenvalue weighted by atomic mass is 9.49. The van der Waals surface area contributed by atoms with Crippen LogP contribution in [-0.4, -0.2) is 28.2 Å². The number of hydrogen-bond donors (Lipinski definition) is 2. The highest BCUT2D eigenvalue weighted by Crippen LogP contribution is 2.54. The Labute approximate surface area is 77.8 Å². The van der Waals surface area contributed by atoms with Crippen molar-refractivity contribution in [3.63, 3.8) is 0 Å². The number of aliphatic hydroxyl groups is 2. The van der Waals surface area contributed by atoms with E-state index < -0.39 is 12.2 Å². The van der Waals surface area contributed by atoms with E-state index >= 15 is 0 Å². The van der Waals surface area contributed by atoms with Crippen LogP contribution < -0.4 is 0 Å². The number of aliphatic hydroxyl groups excluding tert-OH is 2. The summed E-state index contributed by atoms with van der Waals surface area (Å²) >= 11 is 0. The van der Waals surface area contributed by atoms with Gasteiger partial charge in [-0.15, -0.1) is 0 Å². The van der Waals surface area contributed by atoms with E-state index in [1.54, 1.807) is 0 Å². The maximum atomic E-state index is 11.6. The second-order valence-electron chi connectivity index (χ2n) is 4.91. The second-order valence-corrected chi connectivity index (χ2v) is 4.91. The van der Waals surface area contributed by atoms with Gasteiger partial charge in [-0.25, -0.2) is 0 Å². The van der Waals surface area contributed by atoms with Gasteiger partial charge >= 0.3 is 0 Å². The average molecular weight is 184 g/mol. The lowest BCUT2D eigenvalue weighted by Gasteiger charge is -2.54. The maximum absolute atomic E-state index is 11.6. The second kappa shape index (κ2) is 2.55. The SMILES string of the molecule is CC1(C)C(=O)C2CC(O)C(O)CC21. The number of carbonyl (C=O) groups is 1. The van der Waals surface area contributed by atoms with Crippen LogP contribution in [0.25, 0.3) is 0 Å². The number of hydrogen-bond acceptors (Lipinski definition) is 3. The van der Waals surface area contributed by atoms with Gasteiger partial charge < -0.3 is 10.2 Å². The van der Waals surface area contributed by atoms with Gasteiger partial charge in [-0.3, -0.25) is 4.79 Å². The van der Waals surface area contributed by atoms with Crippen molar-refractivity contribution in [1.82, 2.24) is 0 Å². The van der Waals surface area contributed by atoms with E-state index in [1.165, 1.54) is 0 Å². The molecule has 2 aliphatic rings. The molecular weight excluding hydrogens is 168 g/mol. The molecule has 2 saturated carbocycles. The molecular formula is C10H16O3. The largest absolute Gasteiger partial charge is 0.390 e. The summed E-state index contributed by atoms with van der Waals surface area (Å²) in [5, 5.41) is 18.8. The van der Waals surface area contributed by atoms with Gasteiger partial charge in [-0.1, -0.05) is 13.8 Å². The summed E-state index contributed by atoms with van der Waals surface area (Å²) in [5.41, 5.74) is -0.272. The summed E-state index contributed by atoms with van der Waals surface area (Å²) in [5.74, 6) is 0.537. The average Bonchev–Trinajstić information content (AvgIpc) is 2.08. The summed E-state index contributed by atoms with van der Waals surface area (Å²) in [6, 6.07) is 0. The van der Waals surface area contributed by atoms with E-state index in [-0.39, 0.29) is 23.0 Å². The minimum atomic E-state index is -0.693. The highest BCUT2D eigenvalue weighted by Gasteiger charge is 2.58. The van der Waals surface area contributed by atoms with Gasteiger partial charge in [0.1, 0.15) is 5.78 Å². The Kier molecular flexibility index (Phi) is 1.79. The molecule has 4 atom stereocenters. The molecule has 3 nitrogen and oxygen atoms in total. The number of fused-ring (bicyclic) bond motifs is 1. The molecule has 0 amide bonds. The smallest absolute Gasteiger partial charge is 0.142 e. The molecule has 0 aliphatic heterocycles. The Hall–Kier alpha value is -0.410. The van der Waals surface area contributed by atoms with E-state index in [1.807, 2.05) is 13.8 Å². The minimum Gasteiger partial charge on any atom is -0.390 e. The molecule has 2 N–H and O–H groups in total. The highest BCUT2D eigenvalue weighted by atomic mass is 16.3. The summed E-state index contributed by atoms with van der Waals surface area (Å²) in [4.78, 5) is 11.6. The van der Waals surface area contributed by atoms with Crippen LogP contribution in [-0.2, 0) is 4.79 Å². The van der Waals surface area contributed by atoms with Crippen LogP contribution in [0.5, 0.6) is 0 Å². The van der Waals surface area contributed by atoms with E-state index in [2.05, 4.69) is 0 Å². The van der Waals surface area contributed by atoms with Crippen LogP contribution in [0.15, 0.2) is 0 Å². The quantitative estimate of drug-likeness (QED) is 0.571. The van der Waals surface area contributed by atoms with Crippen molar-refractivity contribution in [2.24, 2.45) is 17.3 Å². The lowest BCUT2D eigenvalue weighted by Crippen LogP contribution is -2.60. The summed E-state index contributed by atoms with van der Waals surface area (Å²) < 4.78 is 0. The number of rotatable bonds is 0. The number of carbonyl (C=O) groups excluding carboxylic acids is 1. The lowest BCUT2D eigenvalue weighted by molar-refractivity contribution is -0.170. The Balaban J connectivity index is 2.15. The highest BCUT2D eigenvalue weighted by molar-refractivity contribution is 5.93. The molecule has 0 radical (unpaired) electrons. The summed E-state index contributed by atoms with van der Waals surface area (Å²) in [7, 11) is 0. The monoisotopic (exact) mass is 184 g/mol. The Morgan fingerprint density at radius 3 is 2.38 bits per heavy atom. The first kappa shape index (κ1) is 9.16. The Morgan fingerprint density at radius 2 is 1.77 bits per heavy atom. The van der Waals surface area contributed by atoms with Crippen molar-refractivity contribution in [1.29, 1.82) is 0 Å². The van der Waals surface area contributed by atoms with E-state index in [4.69, 9.17) is 0 Å². The molecule has 2 aliphatic carbocycles. The molecule has 74 valence electrons. The molecule has 4 unspecified atom stereocenters. The molecule has 2 fully saturated rings. The van der Waals surface area contributed by atoms with Crippen LogP contribution in [0.1, 0.15) is 26.7 Å². The molecule has 0 spiro atoms. The van der Waals surface area contributed by atoms with Gasteiger partial charge in [0.05, 0.1) is 12.2 Å². The number of ketones is 1. The molecule has 0 bridgehead atoms. The van der Waals surface area contributed by atoms with Crippen LogP contribution in [0, 0.1) is 17.3 Å². The first-order chi connectivity index (χ1) is 5.94. The molecule has 0 aromatic rings. The van der Waals surface area contributed by atoms with E-state index in [0.717, 1.165) is 0 Å². The molecule has 2 rings (SSSR count). The fourth-order valence-corrected chi connectivity index (χ4v) is 2.81. The maximum Gasteiger partial charge on any atom is 0.142 e. The zero-order valence-corrected chi connectivity index (χ0v) is 8.03. The standard InChI is InChI=1S/C10H16O3/c1-10(2)6-4-8(12)7(11)3-5(6)9(10)13/h5-8,11-12H,3-4H2,1-2H3. The molecule has 13 heavy (non-hydrogen) atoms. The summed E-state index contributed by atoms with van der Waals surface area (Å²) in [6.45, 7) is 3.86. The summed E-state index contributed by atoms with van der Waals surface area (Å²) in [6.07, 6.45) is -0.298. The number of Topliss-reactive ketones (excluding diaryl/α,β-unsaturated/α-hetero) is 1. The van der Waals surface area contributed by atoms with E-state index in [0.29, 0.717) is 12.8 Å². The van der Waals surface area contributed by atoms with Gasteiger partial charge in [0.15, 0.2) is 0 Å². The van der Waals surface area contributed by atoms with Crippen LogP contribution in [0.2, 0.25) is 0 Å². The third-order valence-corrected chi connectivity index (χ3v) is 3.82. The van der Waals surface area contributed by atoms with Crippen LogP contribution in [0.4, 0.5) is 0 Å². The normalized spacial score (nSPS) is 48.2. The van der Waals surface area contributed by atoms with Crippen molar-refractivity contribution >= 4 is 5.78 Å². The first-order valence-corrected chi connectivity index (χ1v) is 4.85. The zero-order valence-electron chi connectivity index (χ0n) is 8.03. The minimum absolute atomic E-state index is 0.00778. The Morgan fingerprint density at radius 1 is 1.23 bits per heavy atom. The predicted molar refractivity (Wildman–Crippen MR) is 47.0 cm³/mol. The molecule has 0 aromatic heterocycles. The van der Waals surface area contributed by atoms with Crippen molar-refractivity contribution in [3.05, 3.63) is 0 Å². The van der Waals surface area contributed by atoms with Gasteiger partial charge in [0.2, 0.25) is 0 Å². The first-order valence-electron chi connectivity index (χ1n) is 4.85. The fourth-order valence-electron chi connectivity index (χ4n) is 2.81. The third-order valence-electron chi connectivity index (χ3n) is 3.82. The topological polar surface area (TPSA) is 57.5 Å². The van der Waals surface area contributed by atoms with Gasteiger partial charge in [-0.2, -0.15) is 0 Å². The fraction of sp³-hybridized carbons (Fsp3) is 0.900. The Bertz CT molecular complexity index is 247. The third kappa shape index (κ3) is 1.07. The van der Waals surface area contributed by atoms with Crippen LogP contribution in [0.3, 0.4) is 0 Å².